The maximum Gasteiger partial charge on any atom is 0.519 e. The highest BCUT2D eigenvalue weighted by Crippen LogP contribution is 2.40. The van der Waals surface area contributed by atoms with Crippen molar-refractivity contribution in [2.45, 2.75) is 53.4 Å². The highest BCUT2D eigenvalue weighted by molar-refractivity contribution is 5.95. The quantitative estimate of drug-likeness (QED) is 0.0394. The van der Waals surface area contributed by atoms with Crippen molar-refractivity contribution < 1.29 is 28.8 Å². The second-order valence-corrected chi connectivity index (χ2v) is 23.0. The summed E-state index contributed by atoms with van der Waals surface area (Å²) < 4.78 is 22.1. The van der Waals surface area contributed by atoms with Gasteiger partial charge in [0.2, 0.25) is 0 Å². The van der Waals surface area contributed by atoms with Gasteiger partial charge in [-0.3, -0.25) is 0 Å². The van der Waals surface area contributed by atoms with E-state index in [2.05, 4.69) is 252 Å². The molecule has 11 rings (SSSR count). The van der Waals surface area contributed by atoms with E-state index in [1.807, 2.05) is 48.6 Å². The van der Waals surface area contributed by atoms with Crippen LogP contribution in [0.5, 0.6) is 17.2 Å². The number of anilines is 6. The Morgan fingerprint density at radius 3 is 1.04 bits per heavy atom. The van der Waals surface area contributed by atoms with Crippen molar-refractivity contribution in [3.05, 3.63) is 339 Å². The van der Waals surface area contributed by atoms with E-state index in [1.54, 1.807) is 31.4 Å². The lowest BCUT2D eigenvalue weighted by atomic mass is 9.75. The van der Waals surface area contributed by atoms with Gasteiger partial charge in [0, 0.05) is 45.1 Å². The van der Waals surface area contributed by atoms with Gasteiger partial charge in [-0.15, -0.1) is 0 Å². The van der Waals surface area contributed by atoms with Crippen molar-refractivity contribution in [3.63, 3.8) is 0 Å². The summed E-state index contributed by atoms with van der Waals surface area (Å²) in [5.41, 5.74) is 21.8. The number of methoxy groups -OCH3 is 2. The van der Waals surface area contributed by atoms with E-state index in [0.29, 0.717) is 17.9 Å². The molecule has 0 aliphatic heterocycles. The molecule has 0 bridgehead atoms. The van der Waals surface area contributed by atoms with Crippen LogP contribution in [0.3, 0.4) is 0 Å². The number of aryl methyl sites for hydroxylation is 4. The summed E-state index contributed by atoms with van der Waals surface area (Å²) >= 11 is 0. The Kier molecular flexibility index (Phi) is 18.1. The zero-order chi connectivity index (χ0) is 62.0. The number of allylic oxidation sites excluding steroid dienone is 5. The van der Waals surface area contributed by atoms with Crippen LogP contribution in [0.25, 0.3) is 23.3 Å². The summed E-state index contributed by atoms with van der Waals surface area (Å²) in [5, 5.41) is 10.1. The van der Waals surface area contributed by atoms with Gasteiger partial charge in [-0.2, -0.15) is 0 Å². The van der Waals surface area contributed by atoms with Crippen molar-refractivity contribution in [2.75, 3.05) is 24.0 Å². The van der Waals surface area contributed by atoms with Crippen LogP contribution in [0.1, 0.15) is 81.5 Å². The fraction of sp³-hybridized carbons (Fsp3) is 0.123. The Morgan fingerprint density at radius 2 is 0.730 bits per heavy atom. The predicted octanol–water partition coefficient (Wildman–Crippen LogP) is 21.2. The minimum Gasteiger partial charge on any atom is -0.497 e. The molecule has 0 radical (unpaired) electrons. The third-order valence-corrected chi connectivity index (χ3v) is 16.3. The van der Waals surface area contributed by atoms with Crippen LogP contribution in [0.15, 0.2) is 278 Å². The third kappa shape index (κ3) is 14.2. The number of aliphatic hydroxyl groups is 1. The highest BCUT2D eigenvalue weighted by atomic mass is 16.7. The molecule has 1 aliphatic rings. The molecule has 1 N–H and O–H groups in total. The van der Waals surface area contributed by atoms with Crippen molar-refractivity contribution in [1.82, 2.24) is 0 Å². The van der Waals surface area contributed by atoms with Gasteiger partial charge in [-0.1, -0.05) is 188 Å². The number of benzene rings is 10. The topological polar surface area (TPSA) is 80.7 Å². The van der Waals surface area contributed by atoms with E-state index in [1.165, 1.54) is 29.4 Å². The maximum absolute atomic E-state index is 13.4. The van der Waals surface area contributed by atoms with Crippen molar-refractivity contribution in [3.8, 4) is 17.2 Å². The molecule has 0 fully saturated rings. The Labute approximate surface area is 523 Å². The largest absolute Gasteiger partial charge is 0.519 e. The number of hydrogen-bond acceptors (Lipinski definition) is 8. The molecule has 10 aromatic rings. The number of carbonyl (C=O) groups is 1. The van der Waals surface area contributed by atoms with Crippen LogP contribution in [-0.4, -0.2) is 25.5 Å². The molecule has 442 valence electrons. The van der Waals surface area contributed by atoms with Crippen molar-refractivity contribution in [2.24, 2.45) is 0 Å². The average molecular weight is 1170 g/mol. The summed E-state index contributed by atoms with van der Waals surface area (Å²) in [6.07, 6.45) is 10.1. The average Bonchev–Trinajstić information content (AvgIpc) is 2.37. The van der Waals surface area contributed by atoms with Crippen LogP contribution in [0.2, 0.25) is 0 Å². The molecular weight excluding hydrogens is 1100 g/mol. The van der Waals surface area contributed by atoms with Crippen molar-refractivity contribution in [1.29, 1.82) is 0 Å². The smallest absolute Gasteiger partial charge is 0.497 e. The summed E-state index contributed by atoms with van der Waals surface area (Å²) in [7, 11) is 3.14. The van der Waals surface area contributed by atoms with Crippen LogP contribution < -0.4 is 24.0 Å². The van der Waals surface area contributed by atoms with Crippen LogP contribution in [0, 0.1) is 27.7 Å². The van der Waals surface area contributed by atoms with Crippen LogP contribution >= 0.6 is 0 Å². The zero-order valence-corrected chi connectivity index (χ0v) is 51.6. The fourth-order valence-electron chi connectivity index (χ4n) is 11.0. The minimum absolute atomic E-state index is 0.0791. The first-order valence-corrected chi connectivity index (χ1v) is 29.9. The number of rotatable bonds is 18. The third-order valence-electron chi connectivity index (χ3n) is 16.3. The number of aliphatic hydroxyl groups excluding tert-OH is 1. The van der Waals surface area contributed by atoms with Gasteiger partial charge in [-0.25, -0.2) is 4.79 Å². The van der Waals surface area contributed by atoms with Gasteiger partial charge in [0.15, 0.2) is 0 Å². The second-order valence-electron chi connectivity index (χ2n) is 23.0. The maximum atomic E-state index is 13.4. The standard InChI is InChI=1S/C81H72N2O6/c1-55-9-35-68(36-10-55)82(69-37-11-56(2)12-38-69)72-43-17-59(18-44-72)53-77(63-27-47-74(86-7)48-28-63)61-21-23-62(24-22-61)78(54-60-19-45-73(46-20-60)83(70-39-13-57(3)14-40-70)71-41-15-58(4)16-42-71)64-29-49-75(50-30-64)88-80(85)89-76-51-33-67(34-52-76)81(5,6)66-31-25-65(26-32-66)79(84)87-8/h9-25,27-54,84H,26H2,1-8H3. The predicted molar refractivity (Wildman–Crippen MR) is 366 cm³/mol. The lowest BCUT2D eigenvalue weighted by molar-refractivity contribution is 0.132. The highest BCUT2D eigenvalue weighted by Gasteiger charge is 2.26. The van der Waals surface area contributed by atoms with E-state index in [9.17, 15) is 9.90 Å². The van der Waals surface area contributed by atoms with Gasteiger partial charge in [0.05, 0.1) is 14.2 Å². The zero-order valence-electron chi connectivity index (χ0n) is 51.6. The molecule has 10 aromatic carbocycles. The van der Waals surface area contributed by atoms with E-state index < -0.39 is 6.16 Å². The summed E-state index contributed by atoms with van der Waals surface area (Å²) in [6.45, 7) is 12.7. The van der Waals surface area contributed by atoms with E-state index >= 15 is 0 Å². The van der Waals surface area contributed by atoms with E-state index in [-0.39, 0.29) is 11.4 Å². The first-order valence-electron chi connectivity index (χ1n) is 29.9. The molecule has 1 aliphatic carbocycles. The fourth-order valence-corrected chi connectivity index (χ4v) is 11.0. The second kappa shape index (κ2) is 26.8. The normalized spacial score (nSPS) is 13.1. The van der Waals surface area contributed by atoms with Crippen LogP contribution in [0.4, 0.5) is 38.9 Å². The minimum atomic E-state index is -0.847. The molecule has 0 saturated carbocycles. The number of carbonyl (C=O) groups excluding carboxylic acids is 1. The van der Waals surface area contributed by atoms with Crippen LogP contribution in [-0.2, 0) is 10.2 Å². The Morgan fingerprint density at radius 1 is 0.416 bits per heavy atom. The lowest BCUT2D eigenvalue weighted by Crippen LogP contribution is -2.20. The lowest BCUT2D eigenvalue weighted by Gasteiger charge is -2.29. The molecule has 0 amide bonds. The molecule has 89 heavy (non-hydrogen) atoms. The molecule has 0 heterocycles. The summed E-state index contributed by atoms with van der Waals surface area (Å²) in [6, 6.07) is 83.8. The van der Waals surface area contributed by atoms with Crippen molar-refractivity contribution >= 4 is 63.6 Å². The summed E-state index contributed by atoms with van der Waals surface area (Å²) in [4.78, 5) is 17.9. The molecule has 8 nitrogen and oxygen atoms in total. The molecule has 0 atom stereocenters. The van der Waals surface area contributed by atoms with E-state index in [4.69, 9.17) is 18.9 Å². The summed E-state index contributed by atoms with van der Waals surface area (Å²) in [5.74, 6) is 1.40. The van der Waals surface area contributed by atoms with Gasteiger partial charge in [-0.05, 0) is 211 Å². The monoisotopic (exact) mass is 1170 g/mol. The van der Waals surface area contributed by atoms with Gasteiger partial charge >= 0.3 is 6.16 Å². The molecule has 0 aromatic heterocycles. The molecular formula is C81H72N2O6. The molecule has 0 saturated heterocycles. The number of nitrogens with zero attached hydrogens (tertiary/aromatic N) is 2. The van der Waals surface area contributed by atoms with Gasteiger partial charge in [0.25, 0.3) is 5.95 Å². The Balaban J connectivity index is 0.898. The Hall–Kier alpha value is -10.8. The number of ether oxygens (including phenoxy) is 4. The van der Waals surface area contributed by atoms with E-state index in [0.717, 1.165) is 101 Å². The molecule has 0 unspecified atom stereocenters. The first-order chi connectivity index (χ1) is 43.2. The first kappa shape index (κ1) is 59.9. The number of hydrogen-bond donors (Lipinski definition) is 1. The van der Waals surface area contributed by atoms with Gasteiger partial charge in [0.1, 0.15) is 17.2 Å². The molecule has 0 spiro atoms. The molecule has 8 heteroatoms. The SMILES string of the molecule is COC(O)=C1C=CC(C(C)(C)c2ccc(OC(=O)Oc3ccc(C(=Cc4ccc(N(c5ccc(C)cc5)c5ccc(C)cc5)cc4)c4ccc(C(=Cc5ccc(N(c6ccc(C)cc6)c6ccc(C)cc6)cc5)c5ccc(OC)cc5)cc4)cc3)cc2)=CC1. The van der Waals surface area contributed by atoms with Gasteiger partial charge < -0.3 is 33.9 Å². The Bertz CT molecular complexity index is 4140.